The van der Waals surface area contributed by atoms with Gasteiger partial charge in [0.1, 0.15) is 5.69 Å². The molecule has 1 saturated heterocycles. The van der Waals surface area contributed by atoms with Crippen molar-refractivity contribution in [3.63, 3.8) is 0 Å². The lowest BCUT2D eigenvalue weighted by molar-refractivity contribution is -0.134. The fourth-order valence-electron chi connectivity index (χ4n) is 4.52. The quantitative estimate of drug-likeness (QED) is 0.276. The van der Waals surface area contributed by atoms with Gasteiger partial charge >= 0.3 is 5.97 Å². The molecule has 5 rings (SSSR count). The molecule has 212 valence electrons. The lowest BCUT2D eigenvalue weighted by Gasteiger charge is -2.34. The van der Waals surface area contributed by atoms with Gasteiger partial charge in [0.2, 0.25) is 0 Å². The average Bonchev–Trinajstić information content (AvgIpc) is 3.63. The highest BCUT2D eigenvalue weighted by Gasteiger charge is 2.25. The monoisotopic (exact) mass is 587 g/mol. The van der Waals surface area contributed by atoms with Crippen LogP contribution in [0.15, 0.2) is 40.9 Å². The van der Waals surface area contributed by atoms with Crippen molar-refractivity contribution < 1.29 is 29.1 Å². The van der Waals surface area contributed by atoms with Crippen molar-refractivity contribution in [2.75, 3.05) is 13.1 Å². The number of carboxylic acids is 2. The van der Waals surface area contributed by atoms with E-state index in [4.69, 9.17) is 26.0 Å². The summed E-state index contributed by atoms with van der Waals surface area (Å²) in [5.74, 6) is -1.61. The van der Waals surface area contributed by atoms with Gasteiger partial charge in [-0.15, -0.1) is 11.3 Å². The van der Waals surface area contributed by atoms with E-state index in [1.807, 2.05) is 12.1 Å². The minimum atomic E-state index is -1.06. The molecular formula is C27H30ClN5O6S. The summed E-state index contributed by atoms with van der Waals surface area (Å²) >= 11 is 7.42. The van der Waals surface area contributed by atoms with Gasteiger partial charge in [0.05, 0.1) is 26.8 Å². The standard InChI is InChI=1S/C25H26ClN5O4S.C2H4O2/c1-14(2)30-9-7-16(8-10-30)27-24(32)23-18-11-15(25(33)34)3-4-19(18)31(28-23)13-17-12-20(35-29-17)21-5-6-22(26)36-21;1-2(3)4/h3-6,11-12,14,16H,7-10,13H2,1-2H3,(H,27,32)(H,33,34);1H3,(H,3,4). The van der Waals surface area contributed by atoms with Gasteiger partial charge in [-0.1, -0.05) is 16.8 Å². The Morgan fingerprint density at radius 3 is 2.45 bits per heavy atom. The number of thiophene rings is 1. The summed E-state index contributed by atoms with van der Waals surface area (Å²) in [6.07, 6.45) is 1.72. The highest BCUT2D eigenvalue weighted by molar-refractivity contribution is 7.19. The normalized spacial score (nSPS) is 14.2. The van der Waals surface area contributed by atoms with Gasteiger partial charge in [-0.05, 0) is 57.0 Å². The first-order valence-electron chi connectivity index (χ1n) is 12.7. The van der Waals surface area contributed by atoms with E-state index in [0.29, 0.717) is 32.7 Å². The van der Waals surface area contributed by atoms with Crippen LogP contribution in [0.2, 0.25) is 4.34 Å². The number of halogens is 1. The maximum Gasteiger partial charge on any atom is 0.335 e. The van der Waals surface area contributed by atoms with Crippen molar-refractivity contribution in [1.29, 1.82) is 0 Å². The Kier molecular flexibility index (Phi) is 9.23. The molecule has 0 radical (unpaired) electrons. The third-order valence-electron chi connectivity index (χ3n) is 6.49. The highest BCUT2D eigenvalue weighted by atomic mass is 35.5. The third-order valence-corrected chi connectivity index (χ3v) is 7.74. The van der Waals surface area contributed by atoms with E-state index in [9.17, 15) is 14.7 Å². The second-order valence-corrected chi connectivity index (χ2v) is 11.4. The average molecular weight is 588 g/mol. The maximum absolute atomic E-state index is 13.3. The third kappa shape index (κ3) is 7.06. The number of likely N-dealkylation sites (tertiary alicyclic amines) is 1. The van der Waals surface area contributed by atoms with Crippen LogP contribution in [-0.4, -0.2) is 73.1 Å². The highest BCUT2D eigenvalue weighted by Crippen LogP contribution is 2.31. The van der Waals surface area contributed by atoms with Gasteiger partial charge in [-0.3, -0.25) is 14.3 Å². The molecular weight excluding hydrogens is 558 g/mol. The Hall–Kier alpha value is -3.74. The largest absolute Gasteiger partial charge is 0.481 e. The summed E-state index contributed by atoms with van der Waals surface area (Å²) in [7, 11) is 0. The van der Waals surface area contributed by atoms with Crippen LogP contribution in [0.25, 0.3) is 21.5 Å². The van der Waals surface area contributed by atoms with Gasteiger partial charge < -0.3 is 25.0 Å². The second kappa shape index (κ2) is 12.6. The minimum Gasteiger partial charge on any atom is -0.481 e. The first-order valence-corrected chi connectivity index (χ1v) is 13.9. The Morgan fingerprint density at radius 2 is 1.85 bits per heavy atom. The van der Waals surface area contributed by atoms with Crippen LogP contribution in [0.5, 0.6) is 0 Å². The molecule has 1 aliphatic heterocycles. The van der Waals surface area contributed by atoms with Crippen LogP contribution < -0.4 is 5.32 Å². The van der Waals surface area contributed by atoms with Crippen molar-refractivity contribution in [1.82, 2.24) is 25.2 Å². The topological polar surface area (TPSA) is 151 Å². The number of carbonyl (C=O) groups is 3. The van der Waals surface area contributed by atoms with E-state index in [0.717, 1.165) is 37.7 Å². The number of aliphatic carboxylic acids is 1. The molecule has 4 aromatic rings. The molecule has 1 aromatic carbocycles. The van der Waals surface area contributed by atoms with Crippen molar-refractivity contribution >= 4 is 51.7 Å². The molecule has 1 aliphatic rings. The number of aromatic nitrogens is 3. The molecule has 3 N–H and O–H groups in total. The predicted octanol–water partition coefficient (Wildman–Crippen LogP) is 4.85. The summed E-state index contributed by atoms with van der Waals surface area (Å²) < 4.78 is 7.79. The Morgan fingerprint density at radius 1 is 1.15 bits per heavy atom. The summed E-state index contributed by atoms with van der Waals surface area (Å²) in [4.78, 5) is 37.1. The van der Waals surface area contributed by atoms with Gasteiger partial charge in [-0.25, -0.2) is 4.79 Å². The Labute approximate surface area is 239 Å². The van der Waals surface area contributed by atoms with Crippen molar-refractivity contribution in [3.8, 4) is 10.6 Å². The van der Waals surface area contributed by atoms with Gasteiger partial charge in [-0.2, -0.15) is 5.10 Å². The Balaban J connectivity index is 0.000000867. The Bertz CT molecular complexity index is 1510. The van der Waals surface area contributed by atoms with Crippen molar-refractivity contribution in [2.45, 2.75) is 52.2 Å². The minimum absolute atomic E-state index is 0.0473. The van der Waals surface area contributed by atoms with Crippen LogP contribution in [0, 0.1) is 0 Å². The zero-order valence-electron chi connectivity index (χ0n) is 22.3. The number of nitrogens with zero attached hydrogens (tertiary/aromatic N) is 4. The van der Waals surface area contributed by atoms with Gasteiger partial charge in [0.25, 0.3) is 11.9 Å². The van der Waals surface area contributed by atoms with E-state index >= 15 is 0 Å². The number of amides is 1. The molecule has 0 bridgehead atoms. The van der Waals surface area contributed by atoms with Crippen LogP contribution in [0.3, 0.4) is 0 Å². The summed E-state index contributed by atoms with van der Waals surface area (Å²) in [5.41, 5.74) is 1.56. The van der Waals surface area contributed by atoms with Crippen LogP contribution in [-0.2, 0) is 11.3 Å². The molecule has 0 aliphatic carbocycles. The number of carboxylic acid groups (broad SMARTS) is 2. The van der Waals surface area contributed by atoms with E-state index in [1.54, 1.807) is 16.8 Å². The molecule has 0 unspecified atom stereocenters. The number of piperidine rings is 1. The number of fused-ring (bicyclic) bond motifs is 1. The predicted molar refractivity (Wildman–Crippen MR) is 151 cm³/mol. The number of benzene rings is 1. The number of nitrogens with one attached hydrogen (secondary N) is 1. The van der Waals surface area contributed by atoms with Crippen LogP contribution in [0.1, 0.15) is 60.2 Å². The molecule has 1 amide bonds. The lowest BCUT2D eigenvalue weighted by Crippen LogP contribution is -2.46. The fraction of sp³-hybridized carbons (Fsp3) is 0.370. The molecule has 0 atom stereocenters. The van der Waals surface area contributed by atoms with Crippen LogP contribution in [0.4, 0.5) is 0 Å². The van der Waals surface area contributed by atoms with Gasteiger partial charge in [0, 0.05) is 43.5 Å². The van der Waals surface area contributed by atoms with E-state index in [1.165, 1.54) is 23.5 Å². The molecule has 13 heteroatoms. The maximum atomic E-state index is 13.3. The number of carbonyl (C=O) groups excluding carboxylic acids is 1. The first-order chi connectivity index (χ1) is 19.0. The summed E-state index contributed by atoms with van der Waals surface area (Å²) in [6, 6.07) is 10.7. The second-order valence-electron chi connectivity index (χ2n) is 9.73. The SMILES string of the molecule is CC(=O)O.CC(C)N1CCC(NC(=O)c2nn(Cc3cc(-c4ccc(Cl)s4)on3)c3ccc(C(=O)O)cc23)CC1. The summed E-state index contributed by atoms with van der Waals surface area (Å²) in [5, 5.41) is 29.2. The number of rotatable bonds is 7. The molecule has 11 nitrogen and oxygen atoms in total. The van der Waals surface area contributed by atoms with Crippen molar-refractivity contribution in [2.24, 2.45) is 0 Å². The summed E-state index contributed by atoms with van der Waals surface area (Å²) in [6.45, 7) is 7.53. The number of hydrogen-bond acceptors (Lipinski definition) is 8. The van der Waals surface area contributed by atoms with E-state index in [2.05, 4.69) is 34.3 Å². The molecule has 4 heterocycles. The van der Waals surface area contributed by atoms with Crippen LogP contribution >= 0.6 is 22.9 Å². The molecule has 1 fully saturated rings. The van der Waals surface area contributed by atoms with E-state index < -0.39 is 11.9 Å². The van der Waals surface area contributed by atoms with E-state index in [-0.39, 0.29) is 29.8 Å². The smallest absolute Gasteiger partial charge is 0.335 e. The molecule has 3 aromatic heterocycles. The number of hydrogen-bond donors (Lipinski definition) is 3. The first kappa shape index (κ1) is 29.2. The fourth-order valence-corrected chi connectivity index (χ4v) is 5.51. The zero-order valence-corrected chi connectivity index (χ0v) is 23.8. The lowest BCUT2D eigenvalue weighted by atomic mass is 10.0. The molecule has 40 heavy (non-hydrogen) atoms. The molecule has 0 saturated carbocycles. The van der Waals surface area contributed by atoms with Crippen molar-refractivity contribution in [3.05, 3.63) is 57.7 Å². The molecule has 0 spiro atoms. The van der Waals surface area contributed by atoms with Gasteiger partial charge in [0.15, 0.2) is 11.5 Å². The number of aromatic carboxylic acids is 1. The zero-order chi connectivity index (χ0) is 29.0.